The predicted octanol–water partition coefficient (Wildman–Crippen LogP) is 0.797. The minimum absolute atomic E-state index is 0.350. The van der Waals surface area contributed by atoms with E-state index in [2.05, 4.69) is 9.62 Å². The van der Waals surface area contributed by atoms with E-state index in [1.165, 1.54) is 6.26 Å². The molecular weight excluding hydrogens is 224 g/mol. The summed E-state index contributed by atoms with van der Waals surface area (Å²) in [5.74, 6) is 0. The number of rotatable bonds is 5. The SMILES string of the molecule is CN(C)Cc1ccccc1CNS(C)(=O)=O. The van der Waals surface area contributed by atoms with Gasteiger partial charge >= 0.3 is 0 Å². The summed E-state index contributed by atoms with van der Waals surface area (Å²) in [4.78, 5) is 2.05. The van der Waals surface area contributed by atoms with Gasteiger partial charge in [-0.25, -0.2) is 13.1 Å². The van der Waals surface area contributed by atoms with Crippen molar-refractivity contribution in [3.63, 3.8) is 0 Å². The first-order valence-electron chi connectivity index (χ1n) is 5.04. The second kappa shape index (κ2) is 5.43. The van der Waals surface area contributed by atoms with Crippen molar-refractivity contribution in [2.45, 2.75) is 13.1 Å². The molecule has 1 rings (SSSR count). The molecule has 0 heterocycles. The molecule has 0 saturated heterocycles. The fourth-order valence-electron chi connectivity index (χ4n) is 1.43. The number of sulfonamides is 1. The smallest absolute Gasteiger partial charge is 0.209 e. The minimum Gasteiger partial charge on any atom is -0.305 e. The molecule has 16 heavy (non-hydrogen) atoms. The van der Waals surface area contributed by atoms with Crippen LogP contribution in [0.25, 0.3) is 0 Å². The molecule has 90 valence electrons. The Morgan fingerprint density at radius 1 is 1.19 bits per heavy atom. The van der Waals surface area contributed by atoms with Crippen molar-refractivity contribution in [2.24, 2.45) is 0 Å². The van der Waals surface area contributed by atoms with Crippen LogP contribution in [0.3, 0.4) is 0 Å². The Bertz CT molecular complexity index is 441. The van der Waals surface area contributed by atoms with Gasteiger partial charge in [0, 0.05) is 13.1 Å². The van der Waals surface area contributed by atoms with Crippen LogP contribution < -0.4 is 4.72 Å². The molecule has 0 spiro atoms. The van der Waals surface area contributed by atoms with Crippen LogP contribution >= 0.6 is 0 Å². The summed E-state index contributed by atoms with van der Waals surface area (Å²) in [7, 11) is 0.843. The zero-order chi connectivity index (χ0) is 12.2. The van der Waals surface area contributed by atoms with Crippen LogP contribution in [-0.4, -0.2) is 33.7 Å². The lowest BCUT2D eigenvalue weighted by Crippen LogP contribution is -2.22. The summed E-state index contributed by atoms with van der Waals surface area (Å²) in [5, 5.41) is 0. The summed E-state index contributed by atoms with van der Waals surface area (Å²) >= 11 is 0. The standard InChI is InChI=1S/C11H18N2O2S/c1-13(2)9-11-7-5-4-6-10(11)8-12-16(3,14)15/h4-7,12H,8-9H2,1-3H3. The molecule has 1 aromatic rings. The Labute approximate surface area is 97.3 Å². The topological polar surface area (TPSA) is 49.4 Å². The zero-order valence-electron chi connectivity index (χ0n) is 9.90. The third kappa shape index (κ3) is 4.74. The Hall–Kier alpha value is -0.910. The second-order valence-electron chi connectivity index (χ2n) is 4.10. The van der Waals surface area contributed by atoms with Gasteiger partial charge in [0.05, 0.1) is 6.26 Å². The van der Waals surface area contributed by atoms with Crippen LogP contribution in [0.5, 0.6) is 0 Å². The van der Waals surface area contributed by atoms with Crippen molar-refractivity contribution in [1.82, 2.24) is 9.62 Å². The number of benzene rings is 1. The number of hydrogen-bond acceptors (Lipinski definition) is 3. The van der Waals surface area contributed by atoms with Crippen LogP contribution in [0.15, 0.2) is 24.3 Å². The van der Waals surface area contributed by atoms with Gasteiger partial charge in [-0.05, 0) is 25.2 Å². The summed E-state index contributed by atoms with van der Waals surface area (Å²) in [6, 6.07) is 7.83. The molecule has 0 aliphatic carbocycles. The number of nitrogens with zero attached hydrogens (tertiary/aromatic N) is 1. The quantitative estimate of drug-likeness (QED) is 0.831. The summed E-state index contributed by atoms with van der Waals surface area (Å²) in [6.07, 6.45) is 1.17. The van der Waals surface area contributed by atoms with Crippen LogP contribution in [0, 0.1) is 0 Å². The molecule has 0 saturated carbocycles. The highest BCUT2D eigenvalue weighted by Crippen LogP contribution is 2.10. The van der Waals surface area contributed by atoms with Gasteiger partial charge < -0.3 is 4.90 Å². The minimum atomic E-state index is -3.13. The lowest BCUT2D eigenvalue weighted by Gasteiger charge is -2.14. The van der Waals surface area contributed by atoms with Crippen molar-refractivity contribution in [3.05, 3.63) is 35.4 Å². The van der Waals surface area contributed by atoms with Crippen molar-refractivity contribution in [2.75, 3.05) is 20.4 Å². The van der Waals surface area contributed by atoms with E-state index in [-0.39, 0.29) is 0 Å². The molecule has 0 aliphatic rings. The van der Waals surface area contributed by atoms with Gasteiger partial charge in [-0.2, -0.15) is 0 Å². The van der Waals surface area contributed by atoms with Crippen molar-refractivity contribution < 1.29 is 8.42 Å². The van der Waals surface area contributed by atoms with Gasteiger partial charge in [0.2, 0.25) is 10.0 Å². The van der Waals surface area contributed by atoms with Crippen LogP contribution in [0.4, 0.5) is 0 Å². The fourth-order valence-corrected chi connectivity index (χ4v) is 1.85. The van der Waals surface area contributed by atoms with E-state index < -0.39 is 10.0 Å². The molecule has 0 atom stereocenters. The first kappa shape index (κ1) is 13.2. The lowest BCUT2D eigenvalue weighted by atomic mass is 10.1. The van der Waals surface area contributed by atoms with Gasteiger partial charge in [-0.3, -0.25) is 0 Å². The monoisotopic (exact) mass is 242 g/mol. The maximum absolute atomic E-state index is 11.0. The van der Waals surface area contributed by atoms with E-state index in [0.717, 1.165) is 17.7 Å². The van der Waals surface area contributed by atoms with Gasteiger partial charge in [0.25, 0.3) is 0 Å². The fraction of sp³-hybridized carbons (Fsp3) is 0.455. The maximum Gasteiger partial charge on any atom is 0.209 e. The Morgan fingerprint density at radius 3 is 2.25 bits per heavy atom. The predicted molar refractivity (Wildman–Crippen MR) is 65.5 cm³/mol. The normalized spacial score (nSPS) is 12.0. The zero-order valence-corrected chi connectivity index (χ0v) is 10.7. The first-order chi connectivity index (χ1) is 7.38. The highest BCUT2D eigenvalue weighted by molar-refractivity contribution is 7.88. The average molecular weight is 242 g/mol. The van der Waals surface area contributed by atoms with E-state index in [1.807, 2.05) is 38.4 Å². The first-order valence-corrected chi connectivity index (χ1v) is 6.94. The van der Waals surface area contributed by atoms with Crippen molar-refractivity contribution >= 4 is 10.0 Å². The Morgan fingerprint density at radius 2 is 1.75 bits per heavy atom. The third-order valence-electron chi connectivity index (χ3n) is 2.13. The number of hydrogen-bond donors (Lipinski definition) is 1. The van der Waals surface area contributed by atoms with Crippen molar-refractivity contribution in [3.8, 4) is 0 Å². The maximum atomic E-state index is 11.0. The molecule has 0 radical (unpaired) electrons. The van der Waals surface area contributed by atoms with Crippen LogP contribution in [0.2, 0.25) is 0 Å². The Kier molecular flexibility index (Phi) is 4.46. The molecule has 0 fully saturated rings. The van der Waals surface area contributed by atoms with Gasteiger partial charge in [0.1, 0.15) is 0 Å². The van der Waals surface area contributed by atoms with E-state index in [4.69, 9.17) is 0 Å². The summed E-state index contributed by atoms with van der Waals surface area (Å²) < 4.78 is 24.5. The average Bonchev–Trinajstić information content (AvgIpc) is 2.14. The van der Waals surface area contributed by atoms with E-state index >= 15 is 0 Å². The molecular formula is C11H18N2O2S. The second-order valence-corrected chi connectivity index (χ2v) is 5.93. The molecule has 0 amide bonds. The molecule has 5 heteroatoms. The highest BCUT2D eigenvalue weighted by Gasteiger charge is 2.05. The van der Waals surface area contributed by atoms with Crippen LogP contribution in [-0.2, 0) is 23.1 Å². The molecule has 0 bridgehead atoms. The van der Waals surface area contributed by atoms with Gasteiger partial charge in [-0.15, -0.1) is 0 Å². The molecule has 0 aromatic heterocycles. The molecule has 1 aromatic carbocycles. The molecule has 1 N–H and O–H groups in total. The van der Waals surface area contributed by atoms with E-state index in [1.54, 1.807) is 0 Å². The van der Waals surface area contributed by atoms with Gasteiger partial charge in [0.15, 0.2) is 0 Å². The lowest BCUT2D eigenvalue weighted by molar-refractivity contribution is 0.401. The highest BCUT2D eigenvalue weighted by atomic mass is 32.2. The number of nitrogens with one attached hydrogen (secondary N) is 1. The third-order valence-corrected chi connectivity index (χ3v) is 2.80. The molecule has 4 nitrogen and oxygen atoms in total. The Balaban J connectivity index is 2.79. The van der Waals surface area contributed by atoms with E-state index in [0.29, 0.717) is 6.54 Å². The van der Waals surface area contributed by atoms with Gasteiger partial charge in [-0.1, -0.05) is 24.3 Å². The molecule has 0 unspecified atom stereocenters. The largest absolute Gasteiger partial charge is 0.305 e. The van der Waals surface area contributed by atoms with Crippen molar-refractivity contribution in [1.29, 1.82) is 0 Å². The summed E-state index contributed by atoms with van der Waals surface area (Å²) in [5.41, 5.74) is 2.16. The van der Waals surface area contributed by atoms with E-state index in [9.17, 15) is 8.42 Å². The molecule has 0 aliphatic heterocycles. The van der Waals surface area contributed by atoms with Crippen LogP contribution in [0.1, 0.15) is 11.1 Å². The summed E-state index contributed by atoms with van der Waals surface area (Å²) in [6.45, 7) is 1.16.